The summed E-state index contributed by atoms with van der Waals surface area (Å²) >= 11 is 5.10. The molecule has 0 spiro atoms. The zero-order valence-corrected chi connectivity index (χ0v) is 13.3. The SMILES string of the molecule is CC(C)NC(=O)CN(C)C(CN)c1ccc(Br)s1. The second kappa shape index (κ2) is 7.23. The van der Waals surface area contributed by atoms with Gasteiger partial charge in [0.1, 0.15) is 0 Å². The zero-order valence-electron chi connectivity index (χ0n) is 10.9. The van der Waals surface area contributed by atoms with Crippen molar-refractivity contribution in [3.63, 3.8) is 0 Å². The van der Waals surface area contributed by atoms with E-state index in [0.29, 0.717) is 13.1 Å². The van der Waals surface area contributed by atoms with Crippen molar-refractivity contribution >= 4 is 33.2 Å². The minimum atomic E-state index is 0.0292. The maximum absolute atomic E-state index is 11.7. The second-order valence-corrected chi connectivity index (χ2v) is 7.03. The Balaban J connectivity index is 2.62. The van der Waals surface area contributed by atoms with Gasteiger partial charge in [-0.15, -0.1) is 11.3 Å². The molecule has 0 aromatic carbocycles. The van der Waals surface area contributed by atoms with Crippen LogP contribution in [0.5, 0.6) is 0 Å². The zero-order chi connectivity index (χ0) is 13.7. The molecule has 1 unspecified atom stereocenters. The molecule has 1 heterocycles. The van der Waals surface area contributed by atoms with E-state index in [4.69, 9.17) is 5.73 Å². The molecule has 1 rings (SSSR count). The molecule has 4 nitrogen and oxygen atoms in total. The van der Waals surface area contributed by atoms with Crippen molar-refractivity contribution in [3.05, 3.63) is 20.8 Å². The van der Waals surface area contributed by atoms with Gasteiger partial charge in [-0.25, -0.2) is 0 Å². The molecule has 0 radical (unpaired) electrons. The number of likely N-dealkylation sites (N-methyl/N-ethyl adjacent to an activating group) is 1. The average molecular weight is 334 g/mol. The number of nitrogens with zero attached hydrogens (tertiary/aromatic N) is 1. The van der Waals surface area contributed by atoms with Gasteiger partial charge in [0.2, 0.25) is 5.91 Å². The van der Waals surface area contributed by atoms with Crippen LogP contribution in [0.1, 0.15) is 24.8 Å². The standard InChI is InChI=1S/C12H20BrN3OS/c1-8(2)15-12(17)7-16(3)9(6-14)10-4-5-11(13)18-10/h4-5,8-9H,6-7,14H2,1-3H3,(H,15,17). The van der Waals surface area contributed by atoms with Gasteiger partial charge in [0.15, 0.2) is 0 Å². The number of carbonyl (C=O) groups excluding carboxylic acids is 1. The average Bonchev–Trinajstić information content (AvgIpc) is 2.64. The van der Waals surface area contributed by atoms with Gasteiger partial charge in [0, 0.05) is 17.5 Å². The van der Waals surface area contributed by atoms with E-state index in [0.717, 1.165) is 3.79 Å². The molecule has 6 heteroatoms. The molecule has 18 heavy (non-hydrogen) atoms. The van der Waals surface area contributed by atoms with E-state index >= 15 is 0 Å². The first-order valence-electron chi connectivity index (χ1n) is 5.89. The van der Waals surface area contributed by atoms with Crippen molar-refractivity contribution in [1.29, 1.82) is 0 Å². The Morgan fingerprint density at radius 3 is 2.67 bits per heavy atom. The topological polar surface area (TPSA) is 58.4 Å². The maximum atomic E-state index is 11.7. The number of carbonyl (C=O) groups is 1. The maximum Gasteiger partial charge on any atom is 0.234 e. The summed E-state index contributed by atoms with van der Waals surface area (Å²) in [6.45, 7) is 4.76. The number of rotatable bonds is 6. The molecule has 3 N–H and O–H groups in total. The van der Waals surface area contributed by atoms with E-state index in [2.05, 4.69) is 21.2 Å². The fourth-order valence-electron chi connectivity index (χ4n) is 1.73. The third-order valence-electron chi connectivity index (χ3n) is 2.52. The summed E-state index contributed by atoms with van der Waals surface area (Å²) in [5.74, 6) is 0.0292. The van der Waals surface area contributed by atoms with E-state index in [1.54, 1.807) is 11.3 Å². The van der Waals surface area contributed by atoms with Crippen LogP contribution in [0, 0.1) is 0 Å². The number of hydrogen-bond donors (Lipinski definition) is 2. The first-order chi connectivity index (χ1) is 8.43. The Morgan fingerprint density at radius 2 is 2.22 bits per heavy atom. The highest BCUT2D eigenvalue weighted by Gasteiger charge is 2.19. The Bertz CT molecular complexity index is 394. The lowest BCUT2D eigenvalue weighted by Gasteiger charge is -2.25. The van der Waals surface area contributed by atoms with Crippen molar-refractivity contribution in [3.8, 4) is 0 Å². The van der Waals surface area contributed by atoms with Crippen LogP contribution in [0.2, 0.25) is 0 Å². The quantitative estimate of drug-likeness (QED) is 0.836. The number of nitrogens with two attached hydrogens (primary N) is 1. The van der Waals surface area contributed by atoms with Gasteiger partial charge in [-0.2, -0.15) is 0 Å². The highest BCUT2D eigenvalue weighted by molar-refractivity contribution is 9.11. The minimum absolute atomic E-state index is 0.0292. The third-order valence-corrected chi connectivity index (χ3v) is 4.25. The van der Waals surface area contributed by atoms with Crippen molar-refractivity contribution in [1.82, 2.24) is 10.2 Å². The molecule has 0 aliphatic rings. The fraction of sp³-hybridized carbons (Fsp3) is 0.583. The molecular weight excluding hydrogens is 314 g/mol. The van der Waals surface area contributed by atoms with Crippen molar-refractivity contribution in [2.45, 2.75) is 25.9 Å². The smallest absolute Gasteiger partial charge is 0.234 e. The monoisotopic (exact) mass is 333 g/mol. The van der Waals surface area contributed by atoms with E-state index in [9.17, 15) is 4.79 Å². The largest absolute Gasteiger partial charge is 0.353 e. The lowest BCUT2D eigenvalue weighted by Crippen LogP contribution is -2.41. The van der Waals surface area contributed by atoms with E-state index in [1.807, 2.05) is 37.9 Å². The molecule has 102 valence electrons. The molecule has 0 bridgehead atoms. The third kappa shape index (κ3) is 4.68. The van der Waals surface area contributed by atoms with Crippen LogP contribution < -0.4 is 11.1 Å². The molecule has 0 saturated carbocycles. The molecule has 0 aliphatic heterocycles. The number of hydrogen-bond acceptors (Lipinski definition) is 4. The molecule has 1 atom stereocenters. The van der Waals surface area contributed by atoms with Crippen molar-refractivity contribution < 1.29 is 4.79 Å². The lowest BCUT2D eigenvalue weighted by atomic mass is 10.2. The summed E-state index contributed by atoms with van der Waals surface area (Å²) in [5, 5.41) is 2.88. The predicted octanol–water partition coefficient (Wildman–Crippen LogP) is 1.97. The summed E-state index contributed by atoms with van der Waals surface area (Å²) in [4.78, 5) is 14.9. The predicted molar refractivity (Wildman–Crippen MR) is 79.7 cm³/mol. The second-order valence-electron chi connectivity index (χ2n) is 4.53. The summed E-state index contributed by atoms with van der Waals surface area (Å²) < 4.78 is 1.08. The van der Waals surface area contributed by atoms with Crippen LogP contribution >= 0.6 is 27.3 Å². The molecule has 0 fully saturated rings. The number of halogens is 1. The minimum Gasteiger partial charge on any atom is -0.353 e. The van der Waals surface area contributed by atoms with Crippen LogP contribution in [0.4, 0.5) is 0 Å². The molecule has 1 amide bonds. The Kier molecular flexibility index (Phi) is 6.28. The van der Waals surface area contributed by atoms with E-state index in [1.165, 1.54) is 4.88 Å². The first-order valence-corrected chi connectivity index (χ1v) is 7.50. The van der Waals surface area contributed by atoms with Gasteiger partial charge in [-0.1, -0.05) is 0 Å². The Morgan fingerprint density at radius 1 is 1.56 bits per heavy atom. The van der Waals surface area contributed by atoms with Gasteiger partial charge in [0.25, 0.3) is 0 Å². The van der Waals surface area contributed by atoms with Crippen LogP contribution in [0.3, 0.4) is 0 Å². The fourth-order valence-corrected chi connectivity index (χ4v) is 3.33. The Labute approximate surface area is 121 Å². The lowest BCUT2D eigenvalue weighted by molar-refractivity contribution is -0.122. The number of thiophene rings is 1. The highest BCUT2D eigenvalue weighted by atomic mass is 79.9. The van der Waals surface area contributed by atoms with Crippen molar-refractivity contribution in [2.24, 2.45) is 5.73 Å². The van der Waals surface area contributed by atoms with E-state index < -0.39 is 0 Å². The summed E-state index contributed by atoms with van der Waals surface area (Å²) in [6, 6.07) is 4.30. The number of amides is 1. The van der Waals surface area contributed by atoms with Gasteiger partial charge in [-0.05, 0) is 49.0 Å². The molecule has 1 aromatic heterocycles. The van der Waals surface area contributed by atoms with Gasteiger partial charge in [0.05, 0.1) is 16.4 Å². The number of nitrogens with one attached hydrogen (secondary N) is 1. The molecule has 1 aromatic rings. The van der Waals surface area contributed by atoms with Crippen LogP contribution in [-0.4, -0.2) is 37.0 Å². The van der Waals surface area contributed by atoms with Crippen molar-refractivity contribution in [2.75, 3.05) is 20.1 Å². The van der Waals surface area contributed by atoms with E-state index in [-0.39, 0.29) is 18.0 Å². The summed E-state index contributed by atoms with van der Waals surface area (Å²) in [5.41, 5.74) is 5.81. The first kappa shape index (κ1) is 15.6. The van der Waals surface area contributed by atoms with Crippen LogP contribution in [-0.2, 0) is 4.79 Å². The summed E-state index contributed by atoms with van der Waals surface area (Å²) in [7, 11) is 1.92. The van der Waals surface area contributed by atoms with Gasteiger partial charge >= 0.3 is 0 Å². The normalized spacial score (nSPS) is 13.1. The highest BCUT2D eigenvalue weighted by Crippen LogP contribution is 2.29. The van der Waals surface area contributed by atoms with Crippen LogP contribution in [0.15, 0.2) is 15.9 Å². The molecule has 0 aliphatic carbocycles. The molecular formula is C12H20BrN3OS. The molecule has 0 saturated heterocycles. The Hall–Kier alpha value is -0.430. The van der Waals surface area contributed by atoms with Gasteiger partial charge < -0.3 is 11.1 Å². The summed E-state index contributed by atoms with van der Waals surface area (Å²) in [6.07, 6.45) is 0. The van der Waals surface area contributed by atoms with Gasteiger partial charge in [-0.3, -0.25) is 9.69 Å². The van der Waals surface area contributed by atoms with Crippen LogP contribution in [0.25, 0.3) is 0 Å².